The summed E-state index contributed by atoms with van der Waals surface area (Å²) in [5.74, 6) is -1.31. The third-order valence-electron chi connectivity index (χ3n) is 9.97. The number of cyclic esters (lactones) is 1. The van der Waals surface area contributed by atoms with Gasteiger partial charge in [0.1, 0.15) is 17.5 Å². The zero-order valence-corrected chi connectivity index (χ0v) is 30.0. The fourth-order valence-electron chi connectivity index (χ4n) is 6.76. The van der Waals surface area contributed by atoms with Gasteiger partial charge in [0.25, 0.3) is 0 Å². The van der Waals surface area contributed by atoms with Crippen LogP contribution in [0.15, 0.2) is 70.9 Å². The lowest BCUT2D eigenvalue weighted by atomic mass is 9.65. The number of aryl methyl sites for hydroxylation is 1. The Hall–Kier alpha value is -3.84. The van der Waals surface area contributed by atoms with Gasteiger partial charge in [0.15, 0.2) is 5.89 Å². The minimum absolute atomic E-state index is 0.159. The molecule has 8 unspecified atom stereocenters. The number of aromatic nitrogens is 1. The standard InChI is InChI=1S/C37H53N3O9/c1-23(17-13-10-11-14-18-28-22-39-27(5)49-28)31(42)35(6,7)33(44)38-20-16-12-15-19-29(41)24(2)21-30(47-9)37(46)25(3)32(43)40(8)36(37)26(4)48-34(36)45/h10-17,19,22,24-26,29-31,41-42,46H,18,20-21H2,1-9H3,(H,38,44). The number of aliphatic hydroxyl groups is 3. The molecule has 3 rings (SSSR count). The first-order valence-corrected chi connectivity index (χ1v) is 16.6. The molecule has 1 aromatic rings. The number of hydrogen-bond donors (Lipinski definition) is 4. The number of aliphatic hydroxyl groups excluding tert-OH is 2. The molecule has 0 bridgehead atoms. The number of nitrogens with zero attached hydrogens (tertiary/aromatic N) is 2. The number of likely N-dealkylation sites (tertiary alicyclic amines) is 1. The van der Waals surface area contributed by atoms with Crippen LogP contribution in [0.25, 0.3) is 0 Å². The number of nitrogens with one attached hydrogen (secondary N) is 1. The second kappa shape index (κ2) is 16.2. The van der Waals surface area contributed by atoms with E-state index in [0.717, 1.165) is 5.76 Å². The Morgan fingerprint density at radius 1 is 1.16 bits per heavy atom. The number of esters is 1. The monoisotopic (exact) mass is 683 g/mol. The third kappa shape index (κ3) is 7.82. The van der Waals surface area contributed by atoms with Crippen LogP contribution >= 0.6 is 0 Å². The predicted molar refractivity (Wildman–Crippen MR) is 184 cm³/mol. The van der Waals surface area contributed by atoms with Crippen LogP contribution in [0.1, 0.15) is 59.6 Å². The Kier molecular flexibility index (Phi) is 13.1. The summed E-state index contributed by atoms with van der Waals surface area (Å²) in [6, 6.07) is 0. The second-order valence-electron chi connectivity index (χ2n) is 13.6. The molecule has 12 nitrogen and oxygen atoms in total. The number of rotatable bonds is 16. The molecule has 0 aliphatic carbocycles. The minimum Gasteiger partial charge on any atom is -0.457 e. The molecule has 2 aliphatic rings. The van der Waals surface area contributed by atoms with Crippen molar-refractivity contribution < 1.29 is 43.6 Å². The Bertz CT molecular complexity index is 1490. The van der Waals surface area contributed by atoms with Gasteiger partial charge < -0.3 is 39.4 Å². The summed E-state index contributed by atoms with van der Waals surface area (Å²) in [5.41, 5.74) is -3.88. The van der Waals surface area contributed by atoms with Crippen LogP contribution < -0.4 is 5.32 Å². The molecule has 0 saturated carbocycles. The van der Waals surface area contributed by atoms with E-state index in [1.807, 2.05) is 18.2 Å². The zero-order valence-electron chi connectivity index (χ0n) is 30.0. The lowest BCUT2D eigenvalue weighted by molar-refractivity contribution is -0.255. The fourth-order valence-corrected chi connectivity index (χ4v) is 6.76. The van der Waals surface area contributed by atoms with E-state index < -0.39 is 58.8 Å². The topological polar surface area (TPSA) is 172 Å². The lowest BCUT2D eigenvalue weighted by Gasteiger charge is -2.55. The van der Waals surface area contributed by atoms with Crippen LogP contribution in [-0.2, 0) is 30.3 Å². The Labute approximate surface area is 289 Å². The average molecular weight is 684 g/mol. The average Bonchev–Trinajstić information content (AvgIpc) is 3.55. The van der Waals surface area contributed by atoms with E-state index in [4.69, 9.17) is 13.9 Å². The minimum atomic E-state index is -1.86. The van der Waals surface area contributed by atoms with Crippen molar-refractivity contribution in [2.75, 3.05) is 20.7 Å². The van der Waals surface area contributed by atoms with E-state index in [9.17, 15) is 29.7 Å². The first kappa shape index (κ1) is 39.6. The molecule has 1 aromatic heterocycles. The summed E-state index contributed by atoms with van der Waals surface area (Å²) >= 11 is 0. The summed E-state index contributed by atoms with van der Waals surface area (Å²) in [6.45, 7) is 12.1. The molecule has 2 amide bonds. The fraction of sp³-hybridized carbons (Fsp3) is 0.568. The van der Waals surface area contributed by atoms with Gasteiger partial charge in [-0.3, -0.25) is 9.59 Å². The first-order valence-electron chi connectivity index (χ1n) is 16.6. The van der Waals surface area contributed by atoms with Crippen LogP contribution in [0.2, 0.25) is 0 Å². The quantitative estimate of drug-likeness (QED) is 0.150. The maximum atomic E-state index is 12.9. The van der Waals surface area contributed by atoms with Gasteiger partial charge in [0, 0.05) is 34.0 Å². The molecule has 12 heteroatoms. The van der Waals surface area contributed by atoms with E-state index in [1.165, 1.54) is 19.1 Å². The molecule has 270 valence electrons. The summed E-state index contributed by atoms with van der Waals surface area (Å²) in [5, 5.41) is 36.5. The number of carbonyl (C=O) groups is 3. The highest BCUT2D eigenvalue weighted by molar-refractivity contribution is 5.99. The number of amides is 2. The van der Waals surface area contributed by atoms with E-state index in [0.29, 0.717) is 17.9 Å². The van der Waals surface area contributed by atoms with Crippen molar-refractivity contribution in [1.82, 2.24) is 15.2 Å². The van der Waals surface area contributed by atoms with Gasteiger partial charge in [-0.1, -0.05) is 68.5 Å². The van der Waals surface area contributed by atoms with E-state index in [2.05, 4.69) is 10.3 Å². The van der Waals surface area contributed by atoms with Crippen molar-refractivity contribution in [1.29, 1.82) is 0 Å². The molecule has 49 heavy (non-hydrogen) atoms. The predicted octanol–water partition coefficient (Wildman–Crippen LogP) is 3.13. The van der Waals surface area contributed by atoms with Crippen molar-refractivity contribution in [2.45, 2.75) is 96.9 Å². The first-order chi connectivity index (χ1) is 23.0. The SMILES string of the molecule is COC(CC(C)C(O)C=CC=CCNC(=O)C(C)(C)C(O)C(C)=CC=CC=CCc1cnc(C)o1)C1(O)C(C)C(=O)N(C)C12C(=O)OC2C. The number of hydrogen-bond acceptors (Lipinski definition) is 10. The highest BCUT2D eigenvalue weighted by Crippen LogP contribution is 2.54. The third-order valence-corrected chi connectivity index (χ3v) is 9.97. The van der Waals surface area contributed by atoms with Gasteiger partial charge in [0.2, 0.25) is 17.4 Å². The molecule has 1 spiro atoms. The lowest BCUT2D eigenvalue weighted by Crippen LogP contribution is -2.80. The largest absolute Gasteiger partial charge is 0.457 e. The van der Waals surface area contributed by atoms with Gasteiger partial charge in [0.05, 0.1) is 35.8 Å². The number of carbonyl (C=O) groups excluding carboxylic acids is 3. The molecule has 3 heterocycles. The summed E-state index contributed by atoms with van der Waals surface area (Å²) in [4.78, 5) is 43.9. The Morgan fingerprint density at radius 2 is 1.84 bits per heavy atom. The summed E-state index contributed by atoms with van der Waals surface area (Å²) in [6.07, 6.45) is 14.7. The maximum Gasteiger partial charge on any atom is 0.339 e. The molecular formula is C37H53N3O9. The van der Waals surface area contributed by atoms with Gasteiger partial charge in [-0.05, 0) is 45.6 Å². The van der Waals surface area contributed by atoms with Gasteiger partial charge in [-0.2, -0.15) is 0 Å². The molecule has 2 saturated heterocycles. The van der Waals surface area contributed by atoms with E-state index in [-0.39, 0.29) is 24.8 Å². The smallest absolute Gasteiger partial charge is 0.339 e. The number of allylic oxidation sites excluding steroid dienone is 7. The summed E-state index contributed by atoms with van der Waals surface area (Å²) in [7, 11) is 2.89. The van der Waals surface area contributed by atoms with Crippen LogP contribution in [0, 0.1) is 24.2 Å². The molecule has 8 atom stereocenters. The van der Waals surface area contributed by atoms with Crippen molar-refractivity contribution in [2.24, 2.45) is 17.3 Å². The van der Waals surface area contributed by atoms with Gasteiger partial charge >= 0.3 is 5.97 Å². The van der Waals surface area contributed by atoms with Crippen LogP contribution in [0.4, 0.5) is 0 Å². The molecular weight excluding hydrogens is 630 g/mol. The number of oxazole rings is 1. The normalized spacial score (nSPS) is 27.4. The van der Waals surface area contributed by atoms with Crippen molar-refractivity contribution in [3.63, 3.8) is 0 Å². The molecule has 4 N–H and O–H groups in total. The number of likely N-dealkylation sites (N-methyl/N-ethyl adjacent to an activating group) is 1. The van der Waals surface area contributed by atoms with Crippen LogP contribution in [-0.4, -0.2) is 99.2 Å². The van der Waals surface area contributed by atoms with Crippen molar-refractivity contribution in [3.05, 3.63) is 78.1 Å². The summed E-state index contributed by atoms with van der Waals surface area (Å²) < 4.78 is 16.3. The highest BCUT2D eigenvalue weighted by atomic mass is 16.6. The van der Waals surface area contributed by atoms with Crippen molar-refractivity contribution >= 4 is 17.8 Å². The van der Waals surface area contributed by atoms with Crippen LogP contribution in [0.5, 0.6) is 0 Å². The maximum absolute atomic E-state index is 12.9. The van der Waals surface area contributed by atoms with E-state index in [1.54, 1.807) is 91.1 Å². The molecule has 0 aromatic carbocycles. The van der Waals surface area contributed by atoms with Crippen molar-refractivity contribution in [3.8, 4) is 0 Å². The molecule has 2 fully saturated rings. The molecule has 2 aliphatic heterocycles. The van der Waals surface area contributed by atoms with Crippen LogP contribution in [0.3, 0.4) is 0 Å². The van der Waals surface area contributed by atoms with E-state index >= 15 is 0 Å². The number of methoxy groups -OCH3 is 1. The second-order valence-corrected chi connectivity index (χ2v) is 13.6. The highest BCUT2D eigenvalue weighted by Gasteiger charge is 2.80. The van der Waals surface area contributed by atoms with Gasteiger partial charge in [-0.15, -0.1) is 0 Å². The number of ether oxygens (including phenoxy) is 2. The Balaban J connectivity index is 1.49. The zero-order chi connectivity index (χ0) is 36.7. The Morgan fingerprint density at radius 3 is 2.43 bits per heavy atom. The molecule has 0 radical (unpaired) electrons. The van der Waals surface area contributed by atoms with Gasteiger partial charge in [-0.25, -0.2) is 9.78 Å².